The third-order valence-corrected chi connectivity index (χ3v) is 5.43. The Morgan fingerprint density at radius 2 is 2.07 bits per heavy atom. The number of anilines is 1. The van der Waals surface area contributed by atoms with Crippen LogP contribution in [0.25, 0.3) is 0 Å². The summed E-state index contributed by atoms with van der Waals surface area (Å²) in [5.74, 6) is 1.07. The van der Waals surface area contributed by atoms with Gasteiger partial charge in [-0.2, -0.15) is 0 Å². The molecule has 0 unspecified atom stereocenters. The molecule has 1 spiro atoms. The Labute approximate surface area is 163 Å². The van der Waals surface area contributed by atoms with E-state index in [1.165, 1.54) is 0 Å². The van der Waals surface area contributed by atoms with Gasteiger partial charge in [0.05, 0.1) is 31.3 Å². The first-order valence-electron chi connectivity index (χ1n) is 9.39. The van der Waals surface area contributed by atoms with Crippen LogP contribution in [0.1, 0.15) is 36.1 Å². The molecule has 148 valence electrons. The van der Waals surface area contributed by atoms with Crippen LogP contribution in [0.5, 0.6) is 0 Å². The van der Waals surface area contributed by atoms with Crippen molar-refractivity contribution in [2.45, 2.75) is 25.5 Å². The van der Waals surface area contributed by atoms with E-state index < -0.39 is 5.72 Å². The van der Waals surface area contributed by atoms with Gasteiger partial charge in [-0.05, 0) is 19.1 Å². The molecule has 0 N–H and O–H groups in total. The average Bonchev–Trinajstić information content (AvgIpc) is 3.24. The topological polar surface area (TPSA) is 85.1 Å². The Bertz CT molecular complexity index is 888. The van der Waals surface area contributed by atoms with Gasteiger partial charge in [-0.25, -0.2) is 4.98 Å². The van der Waals surface area contributed by atoms with Gasteiger partial charge < -0.3 is 23.9 Å². The molecule has 2 aliphatic rings. The summed E-state index contributed by atoms with van der Waals surface area (Å²) in [5, 5.41) is 4.29. The number of hydrogen-bond donors (Lipinski definition) is 0. The van der Waals surface area contributed by atoms with E-state index in [1.54, 1.807) is 28.1 Å². The molecule has 1 amide bonds. The van der Waals surface area contributed by atoms with Gasteiger partial charge in [0, 0.05) is 39.7 Å². The molecule has 2 aromatic rings. The maximum Gasteiger partial charge on any atom is 0.276 e. The van der Waals surface area contributed by atoms with E-state index >= 15 is 0 Å². The second-order valence-corrected chi connectivity index (χ2v) is 6.91. The minimum Gasteiger partial charge on any atom is -0.381 e. The predicted molar refractivity (Wildman–Crippen MR) is 103 cm³/mol. The van der Waals surface area contributed by atoms with Gasteiger partial charge in [0.25, 0.3) is 5.91 Å². The molecule has 1 saturated heterocycles. The van der Waals surface area contributed by atoms with Crippen molar-refractivity contribution in [3.8, 4) is 0 Å². The lowest BCUT2D eigenvalue weighted by molar-refractivity contribution is -0.148. The Balaban J connectivity index is 1.60. The number of hydrogen-bond acceptors (Lipinski definition) is 7. The Hall–Kier alpha value is -2.94. The van der Waals surface area contributed by atoms with Crippen LogP contribution in [0, 0.1) is 0 Å². The number of carbonyl (C=O) groups is 1. The molecule has 0 atom stereocenters. The number of nitrogens with zero attached hydrogens (tertiary/aromatic N) is 6. The van der Waals surface area contributed by atoms with Gasteiger partial charge in [0.15, 0.2) is 5.82 Å². The fraction of sp³-hybridized carbons (Fsp3) is 0.474. The maximum atomic E-state index is 13.1. The third-order valence-electron chi connectivity index (χ3n) is 5.43. The molecule has 0 saturated carbocycles. The third kappa shape index (κ3) is 2.91. The van der Waals surface area contributed by atoms with Crippen molar-refractivity contribution >= 4 is 17.4 Å². The van der Waals surface area contributed by atoms with E-state index in [9.17, 15) is 4.79 Å². The van der Waals surface area contributed by atoms with Crippen molar-refractivity contribution < 1.29 is 14.4 Å². The van der Waals surface area contributed by atoms with E-state index in [0.29, 0.717) is 37.1 Å². The molecule has 28 heavy (non-hydrogen) atoms. The lowest BCUT2D eigenvalue weighted by atomic mass is 10.0. The molecule has 0 aliphatic carbocycles. The van der Waals surface area contributed by atoms with Gasteiger partial charge in [-0.1, -0.05) is 5.16 Å². The van der Waals surface area contributed by atoms with Gasteiger partial charge in [0.1, 0.15) is 5.69 Å². The smallest absolute Gasteiger partial charge is 0.276 e. The van der Waals surface area contributed by atoms with Gasteiger partial charge in [0.2, 0.25) is 11.6 Å². The zero-order valence-electron chi connectivity index (χ0n) is 16.3. The van der Waals surface area contributed by atoms with Crippen molar-refractivity contribution in [3.05, 3.63) is 42.2 Å². The van der Waals surface area contributed by atoms with E-state index in [0.717, 1.165) is 18.5 Å². The molecule has 9 heteroatoms. The highest BCUT2D eigenvalue weighted by molar-refractivity contribution is 6.06. The highest BCUT2D eigenvalue weighted by Crippen LogP contribution is 2.34. The summed E-state index contributed by atoms with van der Waals surface area (Å²) in [6.07, 6.45) is 6.41. The van der Waals surface area contributed by atoms with Crippen molar-refractivity contribution in [1.82, 2.24) is 19.4 Å². The Kier molecular flexibility index (Phi) is 4.76. The number of carbonyl (C=O) groups excluding carboxylic acids is 1. The van der Waals surface area contributed by atoms with Gasteiger partial charge in [-0.3, -0.25) is 9.78 Å². The van der Waals surface area contributed by atoms with E-state index in [1.807, 2.05) is 38.1 Å². The summed E-state index contributed by atoms with van der Waals surface area (Å²) in [7, 11) is 3.76. The molecular formula is C19H24N6O3. The first-order chi connectivity index (χ1) is 13.6. The maximum absolute atomic E-state index is 13.1. The van der Waals surface area contributed by atoms with E-state index in [-0.39, 0.29) is 5.91 Å². The van der Waals surface area contributed by atoms with Crippen LogP contribution in [0.15, 0.2) is 35.9 Å². The number of rotatable bonds is 4. The van der Waals surface area contributed by atoms with Crippen LogP contribution < -0.4 is 4.90 Å². The SMILES string of the molecule is CCN(C(=O)c1cnc(C2=NOC3(CCOCC3)N2C)n1C)c1cccnc1. The highest BCUT2D eigenvalue weighted by Gasteiger charge is 2.46. The molecule has 2 aromatic heterocycles. The first kappa shape index (κ1) is 18.4. The average molecular weight is 384 g/mol. The van der Waals surface area contributed by atoms with Crippen LogP contribution >= 0.6 is 0 Å². The van der Waals surface area contributed by atoms with E-state index in [2.05, 4.69) is 15.1 Å². The summed E-state index contributed by atoms with van der Waals surface area (Å²) in [6.45, 7) is 3.72. The number of amides is 1. The molecule has 4 rings (SSSR count). The number of amidine groups is 1. The van der Waals surface area contributed by atoms with E-state index in [4.69, 9.17) is 9.57 Å². The minimum absolute atomic E-state index is 0.139. The number of imidazole rings is 1. The molecule has 1 fully saturated rings. The van der Waals surface area contributed by atoms with Gasteiger partial charge >= 0.3 is 0 Å². The number of oxime groups is 1. The lowest BCUT2D eigenvalue weighted by Crippen LogP contribution is -2.50. The van der Waals surface area contributed by atoms with Crippen LogP contribution in [0.4, 0.5) is 5.69 Å². The minimum atomic E-state index is -0.491. The van der Waals surface area contributed by atoms with Crippen LogP contribution in [-0.2, 0) is 16.6 Å². The van der Waals surface area contributed by atoms with Crippen molar-refractivity contribution in [2.24, 2.45) is 12.2 Å². The second-order valence-electron chi connectivity index (χ2n) is 6.91. The van der Waals surface area contributed by atoms with Crippen LogP contribution in [0.3, 0.4) is 0 Å². The molecule has 9 nitrogen and oxygen atoms in total. The first-order valence-corrected chi connectivity index (χ1v) is 9.39. The molecule has 0 aromatic carbocycles. The quantitative estimate of drug-likeness (QED) is 0.796. The number of ether oxygens (including phenoxy) is 1. The fourth-order valence-electron chi connectivity index (χ4n) is 3.66. The summed E-state index contributed by atoms with van der Waals surface area (Å²) in [6, 6.07) is 3.68. The van der Waals surface area contributed by atoms with Crippen molar-refractivity contribution in [3.63, 3.8) is 0 Å². The second kappa shape index (κ2) is 7.23. The zero-order valence-corrected chi connectivity index (χ0v) is 16.3. The highest BCUT2D eigenvalue weighted by atomic mass is 16.7. The summed E-state index contributed by atoms with van der Waals surface area (Å²) in [4.78, 5) is 31.2. The largest absolute Gasteiger partial charge is 0.381 e. The normalized spacial score (nSPS) is 18.1. The van der Waals surface area contributed by atoms with Crippen LogP contribution in [-0.4, -0.2) is 63.7 Å². The predicted octanol–water partition coefficient (Wildman–Crippen LogP) is 1.61. The van der Waals surface area contributed by atoms with Gasteiger partial charge in [-0.15, -0.1) is 0 Å². The zero-order chi connectivity index (χ0) is 19.7. The number of pyridine rings is 1. The number of aromatic nitrogens is 3. The van der Waals surface area contributed by atoms with Crippen molar-refractivity contribution in [2.75, 3.05) is 31.7 Å². The summed E-state index contributed by atoms with van der Waals surface area (Å²) in [5.41, 5.74) is 0.733. The molecule has 0 radical (unpaired) electrons. The molecule has 2 aliphatic heterocycles. The standard InChI is InChI=1S/C19H24N6O3/c1-4-25(14-6-5-9-20-12-14)18(26)15-13-21-16(23(15)2)17-22-28-19(24(17)3)7-10-27-11-8-19/h5-6,9,12-13H,4,7-8,10-11H2,1-3H3. The lowest BCUT2D eigenvalue weighted by Gasteiger charge is -2.37. The molecular weight excluding hydrogens is 360 g/mol. The molecule has 4 heterocycles. The van der Waals surface area contributed by atoms with Crippen LogP contribution in [0.2, 0.25) is 0 Å². The molecule has 0 bridgehead atoms. The monoisotopic (exact) mass is 384 g/mol. The summed E-state index contributed by atoms with van der Waals surface area (Å²) < 4.78 is 7.21. The fourth-order valence-corrected chi connectivity index (χ4v) is 3.66. The Morgan fingerprint density at radius 3 is 2.75 bits per heavy atom. The Morgan fingerprint density at radius 1 is 1.29 bits per heavy atom. The van der Waals surface area contributed by atoms with Crippen molar-refractivity contribution in [1.29, 1.82) is 0 Å². The summed E-state index contributed by atoms with van der Waals surface area (Å²) >= 11 is 0.